The molecule has 3 aliphatic heterocycles. The lowest BCUT2D eigenvalue weighted by Crippen LogP contribution is -2.63. The molecule has 0 aliphatic carbocycles. The molecule has 1 aromatic carbocycles. The molecule has 2 amide bonds. The second-order valence-electron chi connectivity index (χ2n) is 8.98. The number of piperidine rings is 2. The summed E-state index contributed by atoms with van der Waals surface area (Å²) >= 11 is 0. The average molecular weight is 411 g/mol. The third-order valence-corrected chi connectivity index (χ3v) is 7.29. The predicted molar refractivity (Wildman–Crippen MR) is 113 cm³/mol. The highest BCUT2D eigenvalue weighted by molar-refractivity contribution is 6.06. The van der Waals surface area contributed by atoms with Crippen LogP contribution in [0.5, 0.6) is 0 Å². The second kappa shape index (κ2) is 8.02. The van der Waals surface area contributed by atoms with E-state index in [-0.39, 0.29) is 17.2 Å². The number of para-hydroxylation sites is 1. The van der Waals surface area contributed by atoms with Crippen LogP contribution >= 0.6 is 0 Å². The number of hydrogen-bond acceptors (Lipinski definition) is 4. The van der Waals surface area contributed by atoms with Crippen LogP contribution in [0.4, 0.5) is 0 Å². The van der Waals surface area contributed by atoms with E-state index in [1.54, 1.807) is 0 Å². The SMILES string of the molecule is O=C(C1N(C(=O)c2n[nH]c3ccccc23)CCCC12CCOCC2)N1CCCCC1. The maximum Gasteiger partial charge on any atom is 0.275 e. The first-order valence-electron chi connectivity index (χ1n) is 11.3. The van der Waals surface area contributed by atoms with Gasteiger partial charge in [0.1, 0.15) is 6.04 Å². The second-order valence-corrected chi connectivity index (χ2v) is 8.98. The molecule has 0 bridgehead atoms. The fraction of sp³-hybridized carbons (Fsp3) is 0.609. The molecule has 2 aromatic rings. The van der Waals surface area contributed by atoms with Gasteiger partial charge in [-0.1, -0.05) is 18.2 Å². The quantitative estimate of drug-likeness (QED) is 0.826. The number of likely N-dealkylation sites (tertiary alicyclic amines) is 2. The van der Waals surface area contributed by atoms with Crippen LogP contribution in [-0.4, -0.2) is 70.7 Å². The Hall–Kier alpha value is -2.41. The molecule has 3 saturated heterocycles. The summed E-state index contributed by atoms with van der Waals surface area (Å²) in [5, 5.41) is 8.14. The highest BCUT2D eigenvalue weighted by atomic mass is 16.5. The highest BCUT2D eigenvalue weighted by Crippen LogP contribution is 2.45. The van der Waals surface area contributed by atoms with E-state index >= 15 is 0 Å². The Labute approximate surface area is 176 Å². The van der Waals surface area contributed by atoms with Gasteiger partial charge in [-0.3, -0.25) is 14.7 Å². The minimum atomic E-state index is -0.420. The number of carbonyl (C=O) groups is 2. The van der Waals surface area contributed by atoms with Crippen molar-refractivity contribution in [3.8, 4) is 0 Å². The molecule has 1 spiro atoms. The molecule has 4 heterocycles. The number of H-pyrrole nitrogens is 1. The third-order valence-electron chi connectivity index (χ3n) is 7.29. The van der Waals surface area contributed by atoms with Crippen LogP contribution in [0.25, 0.3) is 10.9 Å². The number of benzene rings is 1. The number of amides is 2. The molecule has 3 aliphatic rings. The zero-order chi connectivity index (χ0) is 20.6. The molecule has 1 unspecified atom stereocenters. The Morgan fingerprint density at radius 3 is 2.57 bits per heavy atom. The largest absolute Gasteiger partial charge is 0.381 e. The highest BCUT2D eigenvalue weighted by Gasteiger charge is 2.52. The Bertz CT molecular complexity index is 922. The van der Waals surface area contributed by atoms with Gasteiger partial charge in [0.25, 0.3) is 5.91 Å². The molecule has 0 radical (unpaired) electrons. The summed E-state index contributed by atoms with van der Waals surface area (Å²) in [6, 6.07) is 7.26. The number of carbonyl (C=O) groups excluding carboxylic acids is 2. The van der Waals surface area contributed by atoms with Crippen molar-refractivity contribution in [2.45, 2.75) is 51.0 Å². The van der Waals surface area contributed by atoms with Crippen LogP contribution < -0.4 is 0 Å². The molecular formula is C23H30N4O3. The predicted octanol–water partition coefficient (Wildman–Crippen LogP) is 2.98. The summed E-state index contributed by atoms with van der Waals surface area (Å²) < 4.78 is 5.65. The van der Waals surface area contributed by atoms with Crippen LogP contribution in [-0.2, 0) is 9.53 Å². The number of nitrogens with zero attached hydrogens (tertiary/aromatic N) is 3. The first-order chi connectivity index (χ1) is 14.7. The van der Waals surface area contributed by atoms with E-state index in [9.17, 15) is 9.59 Å². The molecule has 7 heteroatoms. The number of rotatable bonds is 2. The van der Waals surface area contributed by atoms with Crippen molar-refractivity contribution in [1.82, 2.24) is 20.0 Å². The third kappa shape index (κ3) is 3.29. The van der Waals surface area contributed by atoms with Gasteiger partial charge >= 0.3 is 0 Å². The Morgan fingerprint density at radius 1 is 1.00 bits per heavy atom. The number of fused-ring (bicyclic) bond motifs is 1. The minimum absolute atomic E-state index is 0.129. The number of aromatic nitrogens is 2. The van der Waals surface area contributed by atoms with Crippen LogP contribution in [0.3, 0.4) is 0 Å². The topological polar surface area (TPSA) is 78.5 Å². The van der Waals surface area contributed by atoms with E-state index in [0.717, 1.165) is 62.5 Å². The first-order valence-corrected chi connectivity index (χ1v) is 11.3. The fourth-order valence-electron chi connectivity index (χ4n) is 5.66. The summed E-state index contributed by atoms with van der Waals surface area (Å²) in [6.07, 6.45) is 6.84. The summed E-state index contributed by atoms with van der Waals surface area (Å²) in [4.78, 5) is 31.4. The Morgan fingerprint density at radius 2 is 1.77 bits per heavy atom. The smallest absolute Gasteiger partial charge is 0.275 e. The summed E-state index contributed by atoms with van der Waals surface area (Å²) in [7, 11) is 0. The molecule has 0 saturated carbocycles. The van der Waals surface area contributed by atoms with Crippen molar-refractivity contribution in [2.24, 2.45) is 5.41 Å². The lowest BCUT2D eigenvalue weighted by Gasteiger charge is -2.52. The van der Waals surface area contributed by atoms with Crippen molar-refractivity contribution in [3.05, 3.63) is 30.0 Å². The van der Waals surface area contributed by atoms with Crippen LogP contribution in [0.2, 0.25) is 0 Å². The molecule has 7 nitrogen and oxygen atoms in total. The zero-order valence-corrected chi connectivity index (χ0v) is 17.4. The number of hydrogen-bond donors (Lipinski definition) is 1. The lowest BCUT2D eigenvalue weighted by molar-refractivity contribution is -0.149. The van der Waals surface area contributed by atoms with Gasteiger partial charge < -0.3 is 14.5 Å². The van der Waals surface area contributed by atoms with E-state index in [1.807, 2.05) is 34.1 Å². The molecule has 30 heavy (non-hydrogen) atoms. The number of aromatic amines is 1. The molecule has 1 N–H and O–H groups in total. The average Bonchev–Trinajstić information content (AvgIpc) is 3.23. The van der Waals surface area contributed by atoms with Crippen molar-refractivity contribution < 1.29 is 14.3 Å². The van der Waals surface area contributed by atoms with Gasteiger partial charge in [0, 0.05) is 43.6 Å². The van der Waals surface area contributed by atoms with Gasteiger partial charge in [0.2, 0.25) is 5.91 Å². The lowest BCUT2D eigenvalue weighted by atomic mass is 9.67. The van der Waals surface area contributed by atoms with E-state index in [4.69, 9.17) is 4.74 Å². The molecular weight excluding hydrogens is 380 g/mol. The standard InChI is InChI=1S/C23H30N4O3/c28-21(19-17-7-2-3-8-18(17)24-25-19)27-14-6-9-23(10-15-30-16-11-23)20(27)22(29)26-12-4-1-5-13-26/h2-3,7-8,20H,1,4-6,9-16H2,(H,24,25). The van der Waals surface area contributed by atoms with Gasteiger partial charge in [0.05, 0.1) is 5.52 Å². The maximum atomic E-state index is 13.8. The normalized spacial score (nSPS) is 24.3. The molecule has 1 aromatic heterocycles. The number of ether oxygens (including phenoxy) is 1. The van der Waals surface area contributed by atoms with Crippen molar-refractivity contribution in [1.29, 1.82) is 0 Å². The molecule has 160 valence electrons. The van der Waals surface area contributed by atoms with Gasteiger partial charge in [-0.05, 0) is 51.0 Å². The van der Waals surface area contributed by atoms with Crippen LogP contribution in [0, 0.1) is 5.41 Å². The van der Waals surface area contributed by atoms with E-state index < -0.39 is 6.04 Å². The summed E-state index contributed by atoms with van der Waals surface area (Å²) in [6.45, 7) is 3.53. The van der Waals surface area contributed by atoms with Gasteiger partial charge in [-0.25, -0.2) is 0 Å². The minimum Gasteiger partial charge on any atom is -0.381 e. The number of nitrogens with one attached hydrogen (secondary N) is 1. The fourth-order valence-corrected chi connectivity index (χ4v) is 5.66. The monoisotopic (exact) mass is 410 g/mol. The summed E-state index contributed by atoms with van der Waals surface area (Å²) in [5.41, 5.74) is 1.08. The van der Waals surface area contributed by atoms with Crippen molar-refractivity contribution in [2.75, 3.05) is 32.8 Å². The molecule has 5 rings (SSSR count). The van der Waals surface area contributed by atoms with E-state index in [1.165, 1.54) is 6.42 Å². The molecule has 3 fully saturated rings. The van der Waals surface area contributed by atoms with Crippen LogP contribution in [0.1, 0.15) is 55.4 Å². The Kier molecular flexibility index (Phi) is 5.23. The first kappa shape index (κ1) is 19.5. The molecule has 1 atom stereocenters. The van der Waals surface area contributed by atoms with Gasteiger partial charge in [0.15, 0.2) is 5.69 Å². The van der Waals surface area contributed by atoms with E-state index in [2.05, 4.69) is 10.2 Å². The van der Waals surface area contributed by atoms with Crippen LogP contribution in [0.15, 0.2) is 24.3 Å². The van der Waals surface area contributed by atoms with Gasteiger partial charge in [-0.15, -0.1) is 0 Å². The van der Waals surface area contributed by atoms with Crippen molar-refractivity contribution in [3.63, 3.8) is 0 Å². The maximum absolute atomic E-state index is 13.8. The Balaban J connectivity index is 1.52. The zero-order valence-electron chi connectivity index (χ0n) is 17.4. The van der Waals surface area contributed by atoms with Gasteiger partial charge in [-0.2, -0.15) is 5.10 Å². The van der Waals surface area contributed by atoms with Crippen molar-refractivity contribution >= 4 is 22.7 Å². The summed E-state index contributed by atoms with van der Waals surface area (Å²) in [5.74, 6) is -0.00197. The van der Waals surface area contributed by atoms with E-state index in [0.29, 0.717) is 25.5 Å².